The first-order valence-electron chi connectivity index (χ1n) is 7.47. The van der Waals surface area contributed by atoms with Crippen molar-refractivity contribution in [2.45, 2.75) is 26.7 Å². The Kier molecular flexibility index (Phi) is 4.80. The van der Waals surface area contributed by atoms with Crippen molar-refractivity contribution in [3.63, 3.8) is 0 Å². The number of hydrogen-bond donors (Lipinski definition) is 2. The minimum absolute atomic E-state index is 0.276. The van der Waals surface area contributed by atoms with Crippen LogP contribution in [-0.2, 0) is 4.79 Å². The van der Waals surface area contributed by atoms with Crippen molar-refractivity contribution in [2.24, 2.45) is 10.4 Å². The molecule has 1 aliphatic heterocycles. The molecule has 0 aliphatic carbocycles. The van der Waals surface area contributed by atoms with E-state index in [4.69, 9.17) is 0 Å². The molecule has 1 aliphatic rings. The zero-order chi connectivity index (χ0) is 16.2. The molecule has 1 saturated heterocycles. The molecule has 0 atom stereocenters. The van der Waals surface area contributed by atoms with E-state index in [1.54, 1.807) is 0 Å². The van der Waals surface area contributed by atoms with Crippen LogP contribution in [0.25, 0.3) is 0 Å². The van der Waals surface area contributed by atoms with Gasteiger partial charge in [-0.25, -0.2) is 9.79 Å². The number of carbonyl (C=O) groups excluding carboxylic acids is 2. The molecule has 0 aromatic heterocycles. The van der Waals surface area contributed by atoms with Crippen molar-refractivity contribution in [1.29, 1.82) is 0 Å². The predicted octanol–water partition coefficient (Wildman–Crippen LogP) is 2.12. The molecule has 1 heterocycles. The summed E-state index contributed by atoms with van der Waals surface area (Å²) in [6.45, 7) is 4.22. The van der Waals surface area contributed by atoms with Crippen molar-refractivity contribution in [3.05, 3.63) is 30.3 Å². The number of para-hydroxylation sites is 1. The third-order valence-corrected chi connectivity index (χ3v) is 4.19. The fraction of sp³-hybridized carbons (Fsp3) is 0.438. The van der Waals surface area contributed by atoms with Crippen molar-refractivity contribution < 1.29 is 9.59 Å². The Hall–Kier alpha value is -2.37. The Labute approximate surface area is 130 Å². The van der Waals surface area contributed by atoms with Gasteiger partial charge in [-0.15, -0.1) is 0 Å². The number of rotatable bonds is 5. The lowest BCUT2D eigenvalue weighted by atomic mass is 9.79. The highest BCUT2D eigenvalue weighted by atomic mass is 16.2. The molecule has 1 aromatic carbocycles. The summed E-state index contributed by atoms with van der Waals surface area (Å²) < 4.78 is 0. The van der Waals surface area contributed by atoms with E-state index in [0.717, 1.165) is 5.69 Å². The van der Waals surface area contributed by atoms with Crippen LogP contribution in [0.2, 0.25) is 0 Å². The number of nitrogens with zero attached hydrogens (tertiary/aromatic N) is 2. The average molecular weight is 302 g/mol. The number of carbonyl (C=O) groups is 2. The van der Waals surface area contributed by atoms with Crippen LogP contribution in [0.5, 0.6) is 0 Å². The van der Waals surface area contributed by atoms with Gasteiger partial charge >= 0.3 is 6.03 Å². The standard InChI is InChI=1S/C16H22N4O2/c1-4-16(5-2)13(18-15(22)19-14(16)21)17-11-20(3)12-9-7-6-8-10-12/h6-10H,4-5,11H2,1-3H3,(H2,17,18,19,21,22). The van der Waals surface area contributed by atoms with Crippen LogP contribution in [0, 0.1) is 5.41 Å². The smallest absolute Gasteiger partial charge is 0.326 e. The predicted molar refractivity (Wildman–Crippen MR) is 86.8 cm³/mol. The van der Waals surface area contributed by atoms with E-state index < -0.39 is 11.4 Å². The molecule has 1 aromatic rings. The first-order chi connectivity index (χ1) is 10.5. The Balaban J connectivity index is 2.23. The summed E-state index contributed by atoms with van der Waals surface area (Å²) in [7, 11) is 1.92. The van der Waals surface area contributed by atoms with Crippen LogP contribution >= 0.6 is 0 Å². The number of benzene rings is 1. The van der Waals surface area contributed by atoms with Gasteiger partial charge in [0.05, 0.1) is 0 Å². The lowest BCUT2D eigenvalue weighted by molar-refractivity contribution is -0.127. The third kappa shape index (κ3) is 2.95. The van der Waals surface area contributed by atoms with Gasteiger partial charge in [0, 0.05) is 12.7 Å². The van der Waals surface area contributed by atoms with Gasteiger partial charge in [0.2, 0.25) is 5.91 Å². The molecule has 6 heteroatoms. The molecule has 118 valence electrons. The highest BCUT2D eigenvalue weighted by molar-refractivity contribution is 6.21. The fourth-order valence-electron chi connectivity index (χ4n) is 2.63. The topological polar surface area (TPSA) is 73.8 Å². The summed E-state index contributed by atoms with van der Waals surface area (Å²) in [4.78, 5) is 30.3. The van der Waals surface area contributed by atoms with Gasteiger partial charge in [0.15, 0.2) is 0 Å². The van der Waals surface area contributed by atoms with Crippen molar-refractivity contribution >= 4 is 23.5 Å². The van der Waals surface area contributed by atoms with E-state index in [9.17, 15) is 9.59 Å². The van der Waals surface area contributed by atoms with Crippen LogP contribution < -0.4 is 15.5 Å². The second kappa shape index (κ2) is 6.60. The van der Waals surface area contributed by atoms with Gasteiger partial charge in [-0.2, -0.15) is 0 Å². The Morgan fingerprint density at radius 1 is 1.09 bits per heavy atom. The van der Waals surface area contributed by atoms with Crippen LogP contribution in [0.1, 0.15) is 26.7 Å². The number of nitrogens with one attached hydrogen (secondary N) is 2. The summed E-state index contributed by atoms with van der Waals surface area (Å²) >= 11 is 0. The number of urea groups is 1. The normalized spacial score (nSPS) is 18.8. The molecule has 0 unspecified atom stereocenters. The number of anilines is 1. The van der Waals surface area contributed by atoms with Gasteiger partial charge in [0.1, 0.15) is 17.9 Å². The maximum Gasteiger partial charge on any atom is 0.326 e. The molecule has 22 heavy (non-hydrogen) atoms. The Morgan fingerprint density at radius 3 is 2.32 bits per heavy atom. The minimum Gasteiger partial charge on any atom is -0.355 e. The number of amides is 3. The molecule has 0 bridgehead atoms. The maximum atomic E-state index is 12.2. The van der Waals surface area contributed by atoms with Gasteiger partial charge in [0.25, 0.3) is 0 Å². The van der Waals surface area contributed by atoms with E-state index in [2.05, 4.69) is 15.6 Å². The molecule has 0 radical (unpaired) electrons. The van der Waals surface area contributed by atoms with Crippen molar-refractivity contribution in [3.8, 4) is 0 Å². The second-order valence-electron chi connectivity index (χ2n) is 5.38. The molecular weight excluding hydrogens is 280 g/mol. The first kappa shape index (κ1) is 16.0. The quantitative estimate of drug-likeness (QED) is 0.875. The van der Waals surface area contributed by atoms with E-state index in [-0.39, 0.29) is 5.91 Å². The number of amidine groups is 1. The van der Waals surface area contributed by atoms with Gasteiger partial charge < -0.3 is 4.90 Å². The molecular formula is C16H22N4O2. The van der Waals surface area contributed by atoms with E-state index >= 15 is 0 Å². The van der Waals surface area contributed by atoms with E-state index in [0.29, 0.717) is 25.3 Å². The molecule has 6 nitrogen and oxygen atoms in total. The Morgan fingerprint density at radius 2 is 1.73 bits per heavy atom. The minimum atomic E-state index is -0.758. The van der Waals surface area contributed by atoms with Crippen molar-refractivity contribution in [2.75, 3.05) is 18.6 Å². The number of imide groups is 1. The summed E-state index contributed by atoms with van der Waals surface area (Å²) in [6, 6.07) is 9.32. The molecule has 0 saturated carbocycles. The second-order valence-corrected chi connectivity index (χ2v) is 5.38. The van der Waals surface area contributed by atoms with Crippen LogP contribution in [0.15, 0.2) is 35.3 Å². The molecule has 1 fully saturated rings. The molecule has 2 rings (SSSR count). The zero-order valence-electron chi connectivity index (χ0n) is 13.2. The highest BCUT2D eigenvalue weighted by Crippen LogP contribution is 2.30. The SMILES string of the molecule is CCC1(CC)C(=O)NC(=O)N/C1=N/CN(C)c1ccccc1. The van der Waals surface area contributed by atoms with Crippen LogP contribution in [0.4, 0.5) is 10.5 Å². The largest absolute Gasteiger partial charge is 0.355 e. The van der Waals surface area contributed by atoms with Crippen LogP contribution in [0.3, 0.4) is 0 Å². The lowest BCUT2D eigenvalue weighted by Gasteiger charge is -2.35. The number of hydrogen-bond acceptors (Lipinski definition) is 4. The van der Waals surface area contributed by atoms with Gasteiger partial charge in [-0.05, 0) is 25.0 Å². The first-order valence-corrected chi connectivity index (χ1v) is 7.47. The van der Waals surface area contributed by atoms with E-state index in [1.807, 2.05) is 56.1 Å². The molecule has 3 amide bonds. The van der Waals surface area contributed by atoms with Gasteiger partial charge in [-0.1, -0.05) is 32.0 Å². The summed E-state index contributed by atoms with van der Waals surface area (Å²) in [5.74, 6) is 0.177. The average Bonchev–Trinajstić information content (AvgIpc) is 2.53. The van der Waals surface area contributed by atoms with E-state index in [1.165, 1.54) is 0 Å². The monoisotopic (exact) mass is 302 g/mol. The van der Waals surface area contributed by atoms with Crippen LogP contribution in [-0.4, -0.2) is 31.5 Å². The zero-order valence-corrected chi connectivity index (χ0v) is 13.2. The van der Waals surface area contributed by atoms with Gasteiger partial charge in [-0.3, -0.25) is 15.4 Å². The highest BCUT2D eigenvalue weighted by Gasteiger charge is 2.45. The lowest BCUT2D eigenvalue weighted by Crippen LogP contribution is -2.62. The Bertz CT molecular complexity index is 579. The third-order valence-electron chi connectivity index (χ3n) is 4.19. The molecule has 0 spiro atoms. The maximum absolute atomic E-state index is 12.2. The number of aliphatic imine (C=N–C) groups is 1. The van der Waals surface area contributed by atoms with Crippen molar-refractivity contribution in [1.82, 2.24) is 10.6 Å². The molecule has 2 N–H and O–H groups in total. The fourth-order valence-corrected chi connectivity index (χ4v) is 2.63. The summed E-state index contributed by atoms with van der Waals surface area (Å²) in [6.07, 6.45) is 1.17. The summed E-state index contributed by atoms with van der Waals surface area (Å²) in [5.41, 5.74) is 0.267. The summed E-state index contributed by atoms with van der Waals surface area (Å²) in [5, 5.41) is 5.04.